The maximum absolute atomic E-state index is 12.2. The summed E-state index contributed by atoms with van der Waals surface area (Å²) in [7, 11) is -1.72. The van der Waals surface area contributed by atoms with Gasteiger partial charge in [-0.3, -0.25) is 0 Å². The molecular formula is C10H16BrN3O2S. The van der Waals surface area contributed by atoms with Crippen molar-refractivity contribution in [1.82, 2.24) is 14.3 Å². The van der Waals surface area contributed by atoms with Gasteiger partial charge < -0.3 is 4.57 Å². The van der Waals surface area contributed by atoms with Crippen molar-refractivity contribution in [3.8, 4) is 0 Å². The van der Waals surface area contributed by atoms with Crippen LogP contribution >= 0.6 is 15.9 Å². The SMILES string of the molecule is Cc1nc(S(=O)(=O)NC2(CBr)CCC2)cn1C. The summed E-state index contributed by atoms with van der Waals surface area (Å²) in [5.41, 5.74) is -0.315. The third-order valence-corrected chi connectivity index (χ3v) is 5.80. The standard InChI is InChI=1S/C10H16BrN3O2S/c1-8-12-9(6-14(8)2)17(15,16)13-10(7-11)4-3-5-10/h6,13H,3-5,7H2,1-2H3. The summed E-state index contributed by atoms with van der Waals surface area (Å²) in [4.78, 5) is 4.06. The van der Waals surface area contributed by atoms with Crippen molar-refractivity contribution in [2.75, 3.05) is 5.33 Å². The molecule has 0 aliphatic heterocycles. The van der Waals surface area contributed by atoms with Crippen molar-refractivity contribution < 1.29 is 8.42 Å². The van der Waals surface area contributed by atoms with E-state index in [1.54, 1.807) is 18.5 Å². The van der Waals surface area contributed by atoms with Gasteiger partial charge in [-0.2, -0.15) is 0 Å². The van der Waals surface area contributed by atoms with Gasteiger partial charge in [-0.15, -0.1) is 0 Å². The van der Waals surface area contributed by atoms with Crippen LogP contribution in [0.5, 0.6) is 0 Å². The number of sulfonamides is 1. The van der Waals surface area contributed by atoms with E-state index in [9.17, 15) is 8.42 Å². The average Bonchev–Trinajstić information content (AvgIpc) is 2.54. The van der Waals surface area contributed by atoms with Gasteiger partial charge in [-0.25, -0.2) is 18.1 Å². The van der Waals surface area contributed by atoms with E-state index >= 15 is 0 Å². The molecule has 1 N–H and O–H groups in total. The monoisotopic (exact) mass is 321 g/mol. The lowest BCUT2D eigenvalue weighted by Gasteiger charge is -2.40. The van der Waals surface area contributed by atoms with Gasteiger partial charge in [0.15, 0.2) is 5.03 Å². The molecular weight excluding hydrogens is 306 g/mol. The van der Waals surface area contributed by atoms with Gasteiger partial charge in [0, 0.05) is 24.1 Å². The van der Waals surface area contributed by atoms with E-state index in [-0.39, 0.29) is 10.6 Å². The van der Waals surface area contributed by atoms with E-state index in [4.69, 9.17) is 0 Å². The summed E-state index contributed by atoms with van der Waals surface area (Å²) >= 11 is 3.38. The molecule has 2 rings (SSSR count). The predicted octanol–water partition coefficient (Wildman–Crippen LogP) is 1.32. The van der Waals surface area contributed by atoms with Crippen LogP contribution in [0.1, 0.15) is 25.1 Å². The molecule has 17 heavy (non-hydrogen) atoms. The van der Waals surface area contributed by atoms with Crippen LogP contribution in [-0.2, 0) is 17.1 Å². The Morgan fingerprint density at radius 2 is 2.24 bits per heavy atom. The Balaban J connectivity index is 2.25. The Kier molecular flexibility index (Phi) is 3.35. The maximum atomic E-state index is 12.2. The molecule has 0 spiro atoms. The number of hydrogen-bond donors (Lipinski definition) is 1. The Labute approximate surface area is 110 Å². The second-order valence-electron chi connectivity index (χ2n) is 4.61. The fourth-order valence-electron chi connectivity index (χ4n) is 1.86. The Morgan fingerprint density at radius 3 is 2.59 bits per heavy atom. The molecule has 0 atom stereocenters. The Hall–Kier alpha value is -0.400. The normalized spacial score (nSPS) is 19.0. The number of rotatable bonds is 4. The molecule has 1 aliphatic carbocycles. The van der Waals surface area contributed by atoms with Crippen LogP contribution in [0.3, 0.4) is 0 Å². The zero-order chi connectivity index (χ0) is 12.7. The number of imidazole rings is 1. The fraction of sp³-hybridized carbons (Fsp3) is 0.700. The molecule has 0 unspecified atom stereocenters. The Bertz CT molecular complexity index is 495. The molecule has 7 heteroatoms. The van der Waals surface area contributed by atoms with Crippen molar-refractivity contribution in [1.29, 1.82) is 0 Å². The second kappa shape index (κ2) is 4.37. The number of aryl methyl sites for hydroxylation is 2. The van der Waals surface area contributed by atoms with Crippen LogP contribution in [0, 0.1) is 6.92 Å². The van der Waals surface area contributed by atoms with E-state index in [1.165, 1.54) is 6.20 Å². The van der Waals surface area contributed by atoms with Gasteiger partial charge >= 0.3 is 0 Å². The van der Waals surface area contributed by atoms with Crippen LogP contribution in [0.2, 0.25) is 0 Å². The van der Waals surface area contributed by atoms with E-state index in [2.05, 4.69) is 25.6 Å². The first-order chi connectivity index (χ1) is 7.88. The zero-order valence-electron chi connectivity index (χ0n) is 9.90. The lowest BCUT2D eigenvalue weighted by atomic mass is 9.80. The van der Waals surface area contributed by atoms with Crippen molar-refractivity contribution in [2.45, 2.75) is 36.8 Å². The van der Waals surface area contributed by atoms with Gasteiger partial charge in [0.25, 0.3) is 10.0 Å². The third kappa shape index (κ3) is 2.41. The largest absolute Gasteiger partial charge is 0.337 e. The minimum atomic E-state index is -3.50. The number of nitrogens with zero attached hydrogens (tertiary/aromatic N) is 2. The van der Waals surface area contributed by atoms with E-state index in [1.807, 2.05) is 0 Å². The minimum absolute atomic E-state index is 0.102. The molecule has 0 saturated heterocycles. The van der Waals surface area contributed by atoms with E-state index in [0.717, 1.165) is 19.3 Å². The summed E-state index contributed by atoms with van der Waals surface area (Å²) in [5, 5.41) is 0.745. The highest BCUT2D eigenvalue weighted by atomic mass is 79.9. The molecule has 1 saturated carbocycles. The van der Waals surface area contributed by atoms with Crippen LogP contribution in [0.15, 0.2) is 11.2 Å². The molecule has 0 radical (unpaired) electrons. The van der Waals surface area contributed by atoms with Crippen molar-refractivity contribution in [3.63, 3.8) is 0 Å². The molecule has 1 heterocycles. The van der Waals surface area contributed by atoms with Crippen molar-refractivity contribution in [2.24, 2.45) is 7.05 Å². The van der Waals surface area contributed by atoms with Crippen LogP contribution in [0.25, 0.3) is 0 Å². The summed E-state index contributed by atoms with van der Waals surface area (Å²) in [6.45, 7) is 1.78. The predicted molar refractivity (Wildman–Crippen MR) is 68.6 cm³/mol. The van der Waals surface area contributed by atoms with Crippen molar-refractivity contribution in [3.05, 3.63) is 12.0 Å². The zero-order valence-corrected chi connectivity index (χ0v) is 12.3. The number of alkyl halides is 1. The van der Waals surface area contributed by atoms with Crippen LogP contribution < -0.4 is 4.72 Å². The van der Waals surface area contributed by atoms with Gasteiger partial charge in [-0.05, 0) is 26.2 Å². The number of halogens is 1. The van der Waals surface area contributed by atoms with Gasteiger partial charge in [-0.1, -0.05) is 15.9 Å². The highest BCUT2D eigenvalue weighted by Gasteiger charge is 2.40. The quantitative estimate of drug-likeness (QED) is 0.851. The Morgan fingerprint density at radius 1 is 1.59 bits per heavy atom. The third-order valence-electron chi connectivity index (χ3n) is 3.28. The molecule has 0 bridgehead atoms. The van der Waals surface area contributed by atoms with E-state index in [0.29, 0.717) is 11.2 Å². The topological polar surface area (TPSA) is 64.0 Å². The molecule has 1 aromatic heterocycles. The second-order valence-corrected chi connectivity index (χ2v) is 6.80. The molecule has 1 aromatic rings. The minimum Gasteiger partial charge on any atom is -0.337 e. The summed E-state index contributed by atoms with van der Waals surface area (Å²) in [5.74, 6) is 0.687. The highest BCUT2D eigenvalue weighted by Crippen LogP contribution is 2.34. The number of nitrogens with one attached hydrogen (secondary N) is 1. The first kappa shape index (κ1) is 13.0. The van der Waals surface area contributed by atoms with Gasteiger partial charge in [0.2, 0.25) is 0 Å². The first-order valence-electron chi connectivity index (χ1n) is 5.48. The number of aromatic nitrogens is 2. The average molecular weight is 322 g/mol. The first-order valence-corrected chi connectivity index (χ1v) is 8.09. The van der Waals surface area contributed by atoms with Gasteiger partial charge in [0.05, 0.1) is 0 Å². The number of hydrogen-bond acceptors (Lipinski definition) is 3. The molecule has 96 valence electrons. The molecule has 0 amide bonds. The summed E-state index contributed by atoms with van der Waals surface area (Å²) < 4.78 is 28.8. The highest BCUT2D eigenvalue weighted by molar-refractivity contribution is 9.09. The van der Waals surface area contributed by atoms with Crippen LogP contribution in [0.4, 0.5) is 0 Å². The van der Waals surface area contributed by atoms with Gasteiger partial charge in [0.1, 0.15) is 5.82 Å². The smallest absolute Gasteiger partial charge is 0.260 e. The molecule has 0 aromatic carbocycles. The van der Waals surface area contributed by atoms with Crippen LogP contribution in [-0.4, -0.2) is 28.8 Å². The maximum Gasteiger partial charge on any atom is 0.260 e. The van der Waals surface area contributed by atoms with E-state index < -0.39 is 10.0 Å². The summed E-state index contributed by atoms with van der Waals surface area (Å²) in [6.07, 6.45) is 4.36. The summed E-state index contributed by atoms with van der Waals surface area (Å²) in [6, 6.07) is 0. The van der Waals surface area contributed by atoms with Crippen molar-refractivity contribution >= 4 is 26.0 Å². The molecule has 1 fully saturated rings. The lowest BCUT2D eigenvalue weighted by Crippen LogP contribution is -2.54. The molecule has 5 nitrogen and oxygen atoms in total. The molecule has 1 aliphatic rings. The fourth-order valence-corrected chi connectivity index (χ4v) is 4.25. The lowest BCUT2D eigenvalue weighted by molar-refractivity contribution is 0.256.